The molecule has 0 saturated carbocycles. The molecule has 1 aromatic carbocycles. The zero-order valence-electron chi connectivity index (χ0n) is 7.18. The highest BCUT2D eigenvalue weighted by atomic mass is 19.1. The van der Waals surface area contributed by atoms with Crippen LogP contribution >= 0.6 is 0 Å². The second kappa shape index (κ2) is 4.10. The largest absolute Gasteiger partial charge is 0.505 e. The molecular formula is C10H13FO. The lowest BCUT2D eigenvalue weighted by atomic mass is 10.1. The van der Waals surface area contributed by atoms with E-state index in [-0.39, 0.29) is 5.75 Å². The molecule has 0 aliphatic heterocycles. The van der Waals surface area contributed by atoms with Crippen molar-refractivity contribution in [3.8, 4) is 5.75 Å². The molecule has 1 nitrogen and oxygen atoms in total. The van der Waals surface area contributed by atoms with Gasteiger partial charge in [0.25, 0.3) is 0 Å². The topological polar surface area (TPSA) is 20.2 Å². The van der Waals surface area contributed by atoms with E-state index in [9.17, 15) is 9.50 Å². The molecule has 0 heterocycles. The fourth-order valence-electron chi connectivity index (χ4n) is 1.13. The molecule has 0 spiro atoms. The van der Waals surface area contributed by atoms with Crippen LogP contribution in [0.2, 0.25) is 0 Å². The molecule has 0 saturated heterocycles. The summed E-state index contributed by atoms with van der Waals surface area (Å²) < 4.78 is 12.8. The number of aromatic hydroxyl groups is 1. The Morgan fingerprint density at radius 3 is 2.83 bits per heavy atom. The summed E-state index contributed by atoms with van der Waals surface area (Å²) in [5, 5.41) is 9.25. The van der Waals surface area contributed by atoms with Crippen molar-refractivity contribution in [2.24, 2.45) is 0 Å². The van der Waals surface area contributed by atoms with Gasteiger partial charge in [-0.3, -0.25) is 0 Å². The minimum absolute atomic E-state index is 0.189. The minimum atomic E-state index is -0.524. The minimum Gasteiger partial charge on any atom is -0.505 e. The molecule has 1 N–H and O–H groups in total. The molecule has 0 aromatic heterocycles. The molecule has 0 aliphatic carbocycles. The van der Waals surface area contributed by atoms with E-state index in [2.05, 4.69) is 6.92 Å². The Morgan fingerprint density at radius 2 is 2.17 bits per heavy atom. The SMILES string of the molecule is CCCCc1cccc(F)c1O. The van der Waals surface area contributed by atoms with Gasteiger partial charge in [0.2, 0.25) is 0 Å². The molecule has 0 amide bonds. The van der Waals surface area contributed by atoms with E-state index in [1.807, 2.05) is 0 Å². The van der Waals surface area contributed by atoms with Gasteiger partial charge in [-0.1, -0.05) is 25.5 Å². The van der Waals surface area contributed by atoms with Gasteiger partial charge in [-0.25, -0.2) is 4.39 Å². The number of para-hydroxylation sites is 1. The van der Waals surface area contributed by atoms with Gasteiger partial charge in [0, 0.05) is 0 Å². The highest BCUT2D eigenvalue weighted by Crippen LogP contribution is 2.21. The number of hydrogen-bond donors (Lipinski definition) is 1. The van der Waals surface area contributed by atoms with Gasteiger partial charge < -0.3 is 5.11 Å². The van der Waals surface area contributed by atoms with E-state index in [4.69, 9.17) is 0 Å². The molecule has 2 heteroatoms. The number of hydrogen-bond acceptors (Lipinski definition) is 1. The number of benzene rings is 1. The van der Waals surface area contributed by atoms with Crippen molar-refractivity contribution in [1.82, 2.24) is 0 Å². The summed E-state index contributed by atoms with van der Waals surface area (Å²) in [5.41, 5.74) is 0.705. The summed E-state index contributed by atoms with van der Waals surface area (Å²) in [6.07, 6.45) is 2.78. The van der Waals surface area contributed by atoms with Crippen LogP contribution in [0.4, 0.5) is 4.39 Å². The van der Waals surface area contributed by atoms with Crippen molar-refractivity contribution < 1.29 is 9.50 Å². The van der Waals surface area contributed by atoms with E-state index in [1.165, 1.54) is 6.07 Å². The highest BCUT2D eigenvalue weighted by molar-refractivity contribution is 5.33. The van der Waals surface area contributed by atoms with Gasteiger partial charge in [-0.05, 0) is 24.5 Å². The van der Waals surface area contributed by atoms with Crippen LogP contribution in [0.1, 0.15) is 25.3 Å². The maximum absolute atomic E-state index is 12.8. The molecule has 0 radical (unpaired) electrons. The maximum Gasteiger partial charge on any atom is 0.165 e. The van der Waals surface area contributed by atoms with Crippen molar-refractivity contribution >= 4 is 0 Å². The average molecular weight is 168 g/mol. The second-order valence-electron chi connectivity index (χ2n) is 2.85. The summed E-state index contributed by atoms with van der Waals surface area (Å²) in [5.74, 6) is -0.713. The first kappa shape index (κ1) is 9.04. The van der Waals surface area contributed by atoms with E-state index in [0.29, 0.717) is 5.56 Å². The quantitative estimate of drug-likeness (QED) is 0.735. The van der Waals surface area contributed by atoms with Gasteiger partial charge in [0.05, 0.1) is 0 Å². The zero-order chi connectivity index (χ0) is 8.97. The van der Waals surface area contributed by atoms with Crippen LogP contribution in [-0.2, 0) is 6.42 Å². The van der Waals surface area contributed by atoms with Crippen molar-refractivity contribution in [2.75, 3.05) is 0 Å². The summed E-state index contributed by atoms with van der Waals surface area (Å²) in [6, 6.07) is 4.65. The Hall–Kier alpha value is -1.05. The Kier molecular flexibility index (Phi) is 3.09. The van der Waals surface area contributed by atoms with Gasteiger partial charge in [0.15, 0.2) is 11.6 Å². The molecule has 66 valence electrons. The summed E-state index contributed by atoms with van der Waals surface area (Å²) >= 11 is 0. The molecule has 1 rings (SSSR count). The lowest BCUT2D eigenvalue weighted by Gasteiger charge is -2.03. The number of unbranched alkanes of at least 4 members (excludes halogenated alkanes) is 1. The average Bonchev–Trinajstić information content (AvgIpc) is 2.08. The fourth-order valence-corrected chi connectivity index (χ4v) is 1.13. The van der Waals surface area contributed by atoms with Crippen LogP contribution in [0.5, 0.6) is 5.75 Å². The first-order chi connectivity index (χ1) is 5.75. The smallest absolute Gasteiger partial charge is 0.165 e. The first-order valence-corrected chi connectivity index (χ1v) is 4.22. The van der Waals surface area contributed by atoms with Crippen molar-refractivity contribution in [3.05, 3.63) is 29.6 Å². The van der Waals surface area contributed by atoms with Crippen molar-refractivity contribution in [1.29, 1.82) is 0 Å². The second-order valence-corrected chi connectivity index (χ2v) is 2.85. The van der Waals surface area contributed by atoms with Crippen LogP contribution in [-0.4, -0.2) is 5.11 Å². The fraction of sp³-hybridized carbons (Fsp3) is 0.400. The van der Waals surface area contributed by atoms with Gasteiger partial charge in [0.1, 0.15) is 0 Å². The van der Waals surface area contributed by atoms with Crippen molar-refractivity contribution in [3.63, 3.8) is 0 Å². The van der Waals surface area contributed by atoms with Crippen molar-refractivity contribution in [2.45, 2.75) is 26.2 Å². The highest BCUT2D eigenvalue weighted by Gasteiger charge is 2.04. The predicted octanol–water partition coefficient (Wildman–Crippen LogP) is 2.87. The Bertz CT molecular complexity index is 258. The summed E-state index contributed by atoms with van der Waals surface area (Å²) in [7, 11) is 0. The van der Waals surface area contributed by atoms with E-state index in [0.717, 1.165) is 19.3 Å². The molecule has 0 unspecified atom stereocenters. The number of halogens is 1. The molecule has 0 aliphatic rings. The lowest BCUT2D eigenvalue weighted by molar-refractivity contribution is 0.425. The van der Waals surface area contributed by atoms with Crippen LogP contribution in [0.25, 0.3) is 0 Å². The molecular weight excluding hydrogens is 155 g/mol. The molecule has 0 fully saturated rings. The number of rotatable bonds is 3. The summed E-state index contributed by atoms with van der Waals surface area (Å²) in [4.78, 5) is 0. The van der Waals surface area contributed by atoms with Crippen LogP contribution in [0.15, 0.2) is 18.2 Å². The van der Waals surface area contributed by atoms with Gasteiger partial charge in [-0.15, -0.1) is 0 Å². The number of aryl methyl sites for hydroxylation is 1. The molecule has 0 bridgehead atoms. The van der Waals surface area contributed by atoms with Crippen LogP contribution < -0.4 is 0 Å². The normalized spacial score (nSPS) is 10.2. The third-order valence-corrected chi connectivity index (χ3v) is 1.87. The predicted molar refractivity (Wildman–Crippen MR) is 46.7 cm³/mol. The molecule has 0 atom stereocenters. The monoisotopic (exact) mass is 168 g/mol. The Balaban J connectivity index is 2.78. The van der Waals surface area contributed by atoms with Gasteiger partial charge >= 0.3 is 0 Å². The number of phenolic OH excluding ortho intramolecular Hbond substituents is 1. The maximum atomic E-state index is 12.8. The van der Waals surface area contributed by atoms with Crippen LogP contribution in [0, 0.1) is 5.82 Å². The number of phenols is 1. The third-order valence-electron chi connectivity index (χ3n) is 1.87. The lowest BCUT2D eigenvalue weighted by Crippen LogP contribution is -1.87. The van der Waals surface area contributed by atoms with Gasteiger partial charge in [-0.2, -0.15) is 0 Å². The van der Waals surface area contributed by atoms with Crippen LogP contribution in [0.3, 0.4) is 0 Å². The third kappa shape index (κ3) is 1.97. The Labute approximate surface area is 71.9 Å². The molecule has 12 heavy (non-hydrogen) atoms. The van der Waals surface area contributed by atoms with E-state index < -0.39 is 5.82 Å². The summed E-state index contributed by atoms with van der Waals surface area (Å²) in [6.45, 7) is 2.07. The zero-order valence-corrected chi connectivity index (χ0v) is 7.18. The Morgan fingerprint density at radius 1 is 1.42 bits per heavy atom. The standard InChI is InChI=1S/C10H13FO/c1-2-3-5-8-6-4-7-9(11)10(8)12/h4,6-7,12H,2-3,5H2,1H3. The first-order valence-electron chi connectivity index (χ1n) is 4.22. The van der Waals surface area contributed by atoms with E-state index in [1.54, 1.807) is 12.1 Å². The molecule has 1 aromatic rings. The van der Waals surface area contributed by atoms with E-state index >= 15 is 0 Å².